The first-order valence-corrected chi connectivity index (χ1v) is 11.6. The first kappa shape index (κ1) is 25.6. The highest BCUT2D eigenvalue weighted by Gasteiger charge is 2.29. The van der Waals surface area contributed by atoms with Gasteiger partial charge in [0.1, 0.15) is 17.3 Å². The number of fused-ring (bicyclic) bond motifs is 1. The quantitative estimate of drug-likeness (QED) is 0.334. The predicted molar refractivity (Wildman–Crippen MR) is 141 cm³/mol. The number of nitrogens with one attached hydrogen (secondary N) is 1. The fourth-order valence-corrected chi connectivity index (χ4v) is 4.54. The lowest BCUT2D eigenvalue weighted by atomic mass is 10.0. The van der Waals surface area contributed by atoms with Gasteiger partial charge in [0, 0.05) is 47.7 Å². The Balaban J connectivity index is 0.00000304. The number of aromatic nitrogens is 2. The molecule has 0 aliphatic carbocycles. The Morgan fingerprint density at radius 3 is 2.42 bits per heavy atom. The van der Waals surface area contributed by atoms with E-state index in [9.17, 15) is 13.6 Å². The maximum Gasteiger partial charge on any atom is 0.321 e. The summed E-state index contributed by atoms with van der Waals surface area (Å²) in [6.07, 6.45) is 0. The van der Waals surface area contributed by atoms with E-state index in [2.05, 4.69) is 20.4 Å². The lowest BCUT2D eigenvalue weighted by molar-refractivity contribution is 0.200. The van der Waals surface area contributed by atoms with Crippen LogP contribution in [0.1, 0.15) is 6.92 Å². The smallest absolute Gasteiger partial charge is 0.321 e. The highest BCUT2D eigenvalue weighted by atomic mass is 35.5. The maximum atomic E-state index is 13.4. The molecule has 36 heavy (non-hydrogen) atoms. The topological polar surface area (TPSA) is 61.4 Å². The number of amides is 2. The molecule has 1 aromatic heterocycles. The average molecular weight is 530 g/mol. The molecule has 1 N–H and O–H groups in total. The summed E-state index contributed by atoms with van der Waals surface area (Å²) in [5.41, 5.74) is 1.91. The summed E-state index contributed by atoms with van der Waals surface area (Å²) >= 11 is 5.82. The van der Waals surface area contributed by atoms with Crippen LogP contribution in [0, 0.1) is 11.6 Å². The van der Waals surface area contributed by atoms with Crippen molar-refractivity contribution in [3.63, 3.8) is 0 Å². The third-order valence-corrected chi connectivity index (χ3v) is 6.43. The van der Waals surface area contributed by atoms with Crippen LogP contribution in [0.3, 0.4) is 0 Å². The van der Waals surface area contributed by atoms with E-state index in [1.807, 2.05) is 31.2 Å². The molecule has 0 bridgehead atoms. The number of urea groups is 1. The lowest BCUT2D eigenvalue weighted by Gasteiger charge is -2.40. The van der Waals surface area contributed by atoms with E-state index in [-0.39, 0.29) is 35.3 Å². The van der Waals surface area contributed by atoms with Gasteiger partial charge >= 0.3 is 6.03 Å². The van der Waals surface area contributed by atoms with Crippen LogP contribution >= 0.6 is 24.0 Å². The molecule has 10 heteroatoms. The largest absolute Gasteiger partial charge is 0.348 e. The van der Waals surface area contributed by atoms with E-state index < -0.39 is 5.82 Å². The Bertz CT molecular complexity index is 1400. The molecule has 0 radical (unpaired) electrons. The van der Waals surface area contributed by atoms with Gasteiger partial charge in [-0.2, -0.15) is 0 Å². The first-order valence-electron chi connectivity index (χ1n) is 11.2. The fourth-order valence-electron chi connectivity index (χ4n) is 4.36. The number of benzene rings is 3. The van der Waals surface area contributed by atoms with Crippen molar-refractivity contribution in [1.82, 2.24) is 15.1 Å². The first-order chi connectivity index (χ1) is 16.9. The monoisotopic (exact) mass is 529 g/mol. The zero-order chi connectivity index (χ0) is 24.5. The van der Waals surface area contributed by atoms with Crippen molar-refractivity contribution in [1.29, 1.82) is 0 Å². The Hall–Kier alpha value is -3.49. The summed E-state index contributed by atoms with van der Waals surface area (Å²) in [6.45, 7) is 3.53. The van der Waals surface area contributed by atoms with Crippen molar-refractivity contribution in [2.24, 2.45) is 0 Å². The summed E-state index contributed by atoms with van der Waals surface area (Å²) in [5.74, 6) is -0.101. The molecule has 1 aliphatic rings. The molecule has 0 unspecified atom stereocenters. The molecule has 2 amide bonds. The average Bonchev–Trinajstić information content (AvgIpc) is 2.86. The van der Waals surface area contributed by atoms with Crippen LogP contribution in [0.4, 0.5) is 25.1 Å². The standard InChI is InChI=1S/C26H22ClF2N5O.ClH/c1-16-15-33(26(35)30-19-10-11-23(29)22(27)14-19)12-13-34(16)25-21-5-3-2-4-20(21)24(31-32-25)17-6-8-18(28)9-7-17;/h2-11,14,16H,12-13,15H2,1H3,(H,30,35);1H/t16-;/m0./s1. The maximum absolute atomic E-state index is 13.4. The summed E-state index contributed by atoms with van der Waals surface area (Å²) in [6, 6.07) is 17.9. The number of rotatable bonds is 3. The van der Waals surface area contributed by atoms with Crippen molar-refractivity contribution in [2.45, 2.75) is 13.0 Å². The van der Waals surface area contributed by atoms with E-state index in [0.717, 1.165) is 22.2 Å². The normalized spacial score (nSPS) is 15.5. The van der Waals surface area contributed by atoms with E-state index >= 15 is 0 Å². The van der Waals surface area contributed by atoms with Crippen LogP contribution in [0.25, 0.3) is 22.0 Å². The number of hydrogen-bond acceptors (Lipinski definition) is 4. The second-order valence-electron chi connectivity index (χ2n) is 8.47. The molecule has 1 aliphatic heterocycles. The van der Waals surface area contributed by atoms with Gasteiger partial charge in [-0.15, -0.1) is 22.6 Å². The molecule has 2 heterocycles. The lowest BCUT2D eigenvalue weighted by Crippen LogP contribution is -2.55. The number of anilines is 2. The molecule has 1 atom stereocenters. The van der Waals surface area contributed by atoms with Crippen LogP contribution in [-0.4, -0.2) is 46.8 Å². The number of carbonyl (C=O) groups is 1. The summed E-state index contributed by atoms with van der Waals surface area (Å²) in [4.78, 5) is 16.6. The molecule has 5 rings (SSSR count). The van der Waals surface area contributed by atoms with E-state index in [4.69, 9.17) is 11.6 Å². The summed E-state index contributed by atoms with van der Waals surface area (Å²) in [7, 11) is 0. The second kappa shape index (κ2) is 10.6. The van der Waals surface area contributed by atoms with Crippen LogP contribution in [0.2, 0.25) is 5.02 Å². The molecule has 3 aromatic carbocycles. The van der Waals surface area contributed by atoms with Crippen molar-refractivity contribution in [2.75, 3.05) is 29.9 Å². The molecule has 0 saturated carbocycles. The number of carbonyl (C=O) groups excluding carboxylic acids is 1. The predicted octanol–water partition coefficient (Wildman–Crippen LogP) is 6.39. The Labute approximate surface area is 218 Å². The summed E-state index contributed by atoms with van der Waals surface area (Å²) in [5, 5.41) is 13.6. The van der Waals surface area contributed by atoms with Crippen LogP contribution < -0.4 is 10.2 Å². The number of piperazine rings is 1. The van der Waals surface area contributed by atoms with E-state index in [1.165, 1.54) is 30.3 Å². The van der Waals surface area contributed by atoms with Gasteiger partial charge in [-0.05, 0) is 49.4 Å². The molecule has 0 spiro atoms. The molecule has 1 saturated heterocycles. The van der Waals surface area contributed by atoms with Crippen LogP contribution in [0.5, 0.6) is 0 Å². The SMILES string of the molecule is C[C@H]1CN(C(=O)Nc2ccc(F)c(Cl)c2)CCN1c1nnc(-c2ccc(F)cc2)c2ccccc12.Cl. The zero-order valence-corrected chi connectivity index (χ0v) is 20.9. The highest BCUT2D eigenvalue weighted by Crippen LogP contribution is 2.33. The van der Waals surface area contributed by atoms with Gasteiger partial charge in [0.25, 0.3) is 0 Å². The number of halogens is 4. The van der Waals surface area contributed by atoms with Crippen molar-refractivity contribution >= 4 is 52.3 Å². The van der Waals surface area contributed by atoms with E-state index in [0.29, 0.717) is 31.0 Å². The second-order valence-corrected chi connectivity index (χ2v) is 8.88. The third-order valence-electron chi connectivity index (χ3n) is 6.14. The minimum atomic E-state index is -0.536. The Morgan fingerprint density at radius 2 is 1.72 bits per heavy atom. The van der Waals surface area contributed by atoms with Gasteiger partial charge in [-0.25, -0.2) is 13.6 Å². The molecule has 186 valence electrons. The van der Waals surface area contributed by atoms with Gasteiger partial charge in [0.15, 0.2) is 5.82 Å². The summed E-state index contributed by atoms with van der Waals surface area (Å²) < 4.78 is 26.8. The van der Waals surface area contributed by atoms with Gasteiger partial charge in [0.05, 0.1) is 5.02 Å². The Kier molecular flexibility index (Phi) is 7.56. The number of hydrogen-bond donors (Lipinski definition) is 1. The van der Waals surface area contributed by atoms with Crippen LogP contribution in [-0.2, 0) is 0 Å². The molecule has 6 nitrogen and oxygen atoms in total. The van der Waals surface area contributed by atoms with Crippen LogP contribution in [0.15, 0.2) is 66.7 Å². The molecule has 4 aromatic rings. The molecular formula is C26H23Cl2F2N5O. The zero-order valence-electron chi connectivity index (χ0n) is 19.3. The number of nitrogens with zero attached hydrogens (tertiary/aromatic N) is 4. The third kappa shape index (κ3) is 5.05. The van der Waals surface area contributed by atoms with Crippen molar-refractivity contribution < 1.29 is 13.6 Å². The van der Waals surface area contributed by atoms with E-state index in [1.54, 1.807) is 17.0 Å². The highest BCUT2D eigenvalue weighted by molar-refractivity contribution is 6.31. The minimum Gasteiger partial charge on any atom is -0.348 e. The van der Waals surface area contributed by atoms with Gasteiger partial charge in [-0.3, -0.25) is 0 Å². The minimum absolute atomic E-state index is 0. The van der Waals surface area contributed by atoms with Crippen molar-refractivity contribution in [3.05, 3.63) is 83.4 Å². The van der Waals surface area contributed by atoms with Gasteiger partial charge in [0.2, 0.25) is 0 Å². The van der Waals surface area contributed by atoms with Gasteiger partial charge < -0.3 is 15.1 Å². The molecular weight excluding hydrogens is 507 g/mol. The van der Waals surface area contributed by atoms with Crippen molar-refractivity contribution in [3.8, 4) is 11.3 Å². The van der Waals surface area contributed by atoms with Gasteiger partial charge in [-0.1, -0.05) is 35.9 Å². The molecule has 1 fully saturated rings. The Morgan fingerprint density at radius 1 is 1.00 bits per heavy atom. The fraction of sp³-hybridized carbons (Fsp3) is 0.192.